The molecule has 1 aromatic carbocycles. The second-order valence-electron chi connectivity index (χ2n) is 3.30. The third-order valence-electron chi connectivity index (χ3n) is 2.03. The SMILES string of the molecule is O=S(=O)(Cl)c1ccc(Nc2ccnc(Cl)n2)cc1. The van der Waals surface area contributed by atoms with Crippen molar-refractivity contribution in [3.63, 3.8) is 0 Å². The normalized spacial score (nSPS) is 11.2. The Labute approximate surface area is 113 Å². The van der Waals surface area contributed by atoms with Crippen LogP contribution >= 0.6 is 22.3 Å². The van der Waals surface area contributed by atoms with Crippen LogP contribution in [0.25, 0.3) is 0 Å². The van der Waals surface area contributed by atoms with E-state index in [1.54, 1.807) is 18.2 Å². The average molecular weight is 304 g/mol. The lowest BCUT2D eigenvalue weighted by atomic mass is 10.3. The Morgan fingerprint density at radius 3 is 2.33 bits per heavy atom. The summed E-state index contributed by atoms with van der Waals surface area (Å²) in [6.07, 6.45) is 1.51. The highest BCUT2D eigenvalue weighted by Crippen LogP contribution is 2.20. The molecule has 1 N–H and O–H groups in total. The highest BCUT2D eigenvalue weighted by atomic mass is 35.7. The van der Waals surface area contributed by atoms with E-state index in [4.69, 9.17) is 22.3 Å². The lowest BCUT2D eigenvalue weighted by Crippen LogP contribution is -1.95. The molecule has 0 aliphatic heterocycles. The number of hydrogen-bond donors (Lipinski definition) is 1. The first kappa shape index (κ1) is 13.1. The summed E-state index contributed by atoms with van der Waals surface area (Å²) in [7, 11) is 1.50. The third kappa shape index (κ3) is 3.32. The second-order valence-corrected chi connectivity index (χ2v) is 6.20. The van der Waals surface area contributed by atoms with Gasteiger partial charge in [0, 0.05) is 22.6 Å². The van der Waals surface area contributed by atoms with Gasteiger partial charge in [-0.15, -0.1) is 0 Å². The van der Waals surface area contributed by atoms with Crippen molar-refractivity contribution in [2.75, 3.05) is 5.32 Å². The fourth-order valence-corrected chi connectivity index (χ4v) is 2.17. The summed E-state index contributed by atoms with van der Waals surface area (Å²) in [6.45, 7) is 0. The van der Waals surface area contributed by atoms with Gasteiger partial charge >= 0.3 is 0 Å². The van der Waals surface area contributed by atoms with E-state index >= 15 is 0 Å². The highest BCUT2D eigenvalue weighted by Gasteiger charge is 2.09. The number of aromatic nitrogens is 2. The molecule has 0 amide bonds. The standard InChI is InChI=1S/C10H7Cl2N3O2S/c11-10-13-6-5-9(15-10)14-7-1-3-8(4-2-7)18(12,16)17/h1-6H,(H,13,14,15). The molecule has 8 heteroatoms. The molecule has 0 saturated heterocycles. The lowest BCUT2D eigenvalue weighted by molar-refractivity contribution is 0.609. The van der Waals surface area contributed by atoms with Gasteiger partial charge in [-0.3, -0.25) is 0 Å². The van der Waals surface area contributed by atoms with E-state index in [0.29, 0.717) is 11.5 Å². The fraction of sp³-hybridized carbons (Fsp3) is 0. The van der Waals surface area contributed by atoms with Crippen molar-refractivity contribution in [1.29, 1.82) is 0 Å². The first-order valence-electron chi connectivity index (χ1n) is 4.75. The Morgan fingerprint density at radius 1 is 1.11 bits per heavy atom. The number of nitrogens with one attached hydrogen (secondary N) is 1. The molecule has 1 aromatic heterocycles. The molecule has 0 saturated carbocycles. The molecule has 1 heterocycles. The van der Waals surface area contributed by atoms with Crippen molar-refractivity contribution >= 4 is 42.8 Å². The van der Waals surface area contributed by atoms with Crippen LogP contribution in [-0.2, 0) is 9.05 Å². The second kappa shape index (κ2) is 5.09. The molecular formula is C10H7Cl2N3O2S. The van der Waals surface area contributed by atoms with E-state index in [2.05, 4.69) is 15.3 Å². The largest absolute Gasteiger partial charge is 0.340 e. The summed E-state index contributed by atoms with van der Waals surface area (Å²) in [5.41, 5.74) is 0.661. The molecule has 0 radical (unpaired) electrons. The zero-order valence-electron chi connectivity index (χ0n) is 8.84. The van der Waals surface area contributed by atoms with Crippen molar-refractivity contribution in [3.8, 4) is 0 Å². The predicted octanol–water partition coefficient (Wildman–Crippen LogP) is 2.80. The topological polar surface area (TPSA) is 72.0 Å². The Hall–Kier alpha value is -1.37. The van der Waals surface area contributed by atoms with Gasteiger partial charge in [0.05, 0.1) is 4.90 Å². The number of rotatable bonds is 3. The van der Waals surface area contributed by atoms with E-state index < -0.39 is 9.05 Å². The average Bonchev–Trinajstić information content (AvgIpc) is 2.28. The van der Waals surface area contributed by atoms with Crippen LogP contribution in [0, 0.1) is 0 Å². The van der Waals surface area contributed by atoms with E-state index in [1.807, 2.05) is 0 Å². The Bertz CT molecular complexity index is 659. The van der Waals surface area contributed by atoms with Crippen molar-refractivity contribution in [3.05, 3.63) is 41.8 Å². The minimum Gasteiger partial charge on any atom is -0.340 e. The lowest BCUT2D eigenvalue weighted by Gasteiger charge is -2.05. The summed E-state index contributed by atoms with van der Waals surface area (Å²) in [5, 5.41) is 3.07. The molecular weight excluding hydrogens is 297 g/mol. The van der Waals surface area contributed by atoms with Crippen LogP contribution < -0.4 is 5.32 Å². The molecule has 5 nitrogen and oxygen atoms in total. The van der Waals surface area contributed by atoms with Gasteiger partial charge < -0.3 is 5.32 Å². The third-order valence-corrected chi connectivity index (χ3v) is 3.59. The Morgan fingerprint density at radius 2 is 1.78 bits per heavy atom. The molecule has 18 heavy (non-hydrogen) atoms. The summed E-state index contributed by atoms with van der Waals surface area (Å²) < 4.78 is 22.1. The molecule has 0 atom stereocenters. The highest BCUT2D eigenvalue weighted by molar-refractivity contribution is 8.13. The summed E-state index contributed by atoms with van der Waals surface area (Å²) in [5.74, 6) is 0.511. The Kier molecular flexibility index (Phi) is 3.70. The molecule has 0 aliphatic rings. The minimum atomic E-state index is -3.70. The molecule has 2 rings (SSSR count). The summed E-state index contributed by atoms with van der Waals surface area (Å²) in [4.78, 5) is 7.72. The quantitative estimate of drug-likeness (QED) is 0.697. The van der Waals surface area contributed by atoms with Crippen molar-refractivity contribution in [2.24, 2.45) is 0 Å². The zero-order valence-corrected chi connectivity index (χ0v) is 11.2. The number of halogens is 2. The minimum absolute atomic E-state index is 0.0374. The van der Waals surface area contributed by atoms with Crippen LogP contribution in [0.4, 0.5) is 11.5 Å². The summed E-state index contributed by atoms with van der Waals surface area (Å²) >= 11 is 5.64. The van der Waals surface area contributed by atoms with E-state index in [1.165, 1.54) is 18.3 Å². The van der Waals surface area contributed by atoms with Crippen LogP contribution in [0.3, 0.4) is 0 Å². The smallest absolute Gasteiger partial charge is 0.261 e. The van der Waals surface area contributed by atoms with Crippen molar-refractivity contribution in [2.45, 2.75) is 4.90 Å². The maximum atomic E-state index is 11.1. The van der Waals surface area contributed by atoms with Gasteiger partial charge in [-0.2, -0.15) is 0 Å². The molecule has 0 unspecified atom stereocenters. The molecule has 94 valence electrons. The van der Waals surface area contributed by atoms with Crippen molar-refractivity contribution < 1.29 is 8.42 Å². The summed E-state index contributed by atoms with van der Waals surface area (Å²) in [6, 6.07) is 7.58. The molecule has 0 bridgehead atoms. The van der Waals surface area contributed by atoms with Gasteiger partial charge in [-0.1, -0.05) is 0 Å². The number of nitrogens with zero attached hydrogens (tertiary/aromatic N) is 2. The maximum absolute atomic E-state index is 11.1. The van der Waals surface area contributed by atoms with Gasteiger partial charge in [0.2, 0.25) is 5.28 Å². The molecule has 2 aromatic rings. The Balaban J connectivity index is 2.21. The van der Waals surface area contributed by atoms with Gasteiger partial charge in [0.15, 0.2) is 0 Å². The number of benzene rings is 1. The van der Waals surface area contributed by atoms with Gasteiger partial charge in [0.1, 0.15) is 5.82 Å². The monoisotopic (exact) mass is 303 g/mol. The predicted molar refractivity (Wildman–Crippen MR) is 69.8 cm³/mol. The molecule has 0 spiro atoms. The van der Waals surface area contributed by atoms with Crippen LogP contribution in [0.1, 0.15) is 0 Å². The van der Waals surface area contributed by atoms with Gasteiger partial charge in [-0.05, 0) is 41.9 Å². The van der Waals surface area contributed by atoms with Gasteiger partial charge in [0.25, 0.3) is 9.05 Å². The van der Waals surface area contributed by atoms with E-state index in [9.17, 15) is 8.42 Å². The van der Waals surface area contributed by atoms with E-state index in [-0.39, 0.29) is 10.2 Å². The van der Waals surface area contributed by atoms with Crippen molar-refractivity contribution in [1.82, 2.24) is 9.97 Å². The van der Waals surface area contributed by atoms with E-state index in [0.717, 1.165) is 0 Å². The van der Waals surface area contributed by atoms with Crippen LogP contribution in [-0.4, -0.2) is 18.4 Å². The number of hydrogen-bond acceptors (Lipinski definition) is 5. The molecule has 0 fully saturated rings. The van der Waals surface area contributed by atoms with Gasteiger partial charge in [-0.25, -0.2) is 18.4 Å². The first-order chi connectivity index (χ1) is 8.45. The fourth-order valence-electron chi connectivity index (χ4n) is 1.25. The zero-order chi connectivity index (χ0) is 13.2. The van der Waals surface area contributed by atoms with Crippen LogP contribution in [0.5, 0.6) is 0 Å². The van der Waals surface area contributed by atoms with Crippen LogP contribution in [0.15, 0.2) is 41.4 Å². The van der Waals surface area contributed by atoms with Crippen LogP contribution in [0.2, 0.25) is 5.28 Å². The maximum Gasteiger partial charge on any atom is 0.261 e. The first-order valence-corrected chi connectivity index (χ1v) is 7.44. The number of anilines is 2. The molecule has 0 aliphatic carbocycles.